The van der Waals surface area contributed by atoms with Gasteiger partial charge in [-0.05, 0) is 54.7 Å². The summed E-state index contributed by atoms with van der Waals surface area (Å²) in [5.41, 5.74) is 5.25. The number of benzene rings is 2. The smallest absolute Gasteiger partial charge is 0.203 e. The molecule has 2 aromatic carbocycles. The number of halogens is 1. The molecule has 0 saturated heterocycles. The van der Waals surface area contributed by atoms with Crippen molar-refractivity contribution < 1.29 is 23.4 Å². The molecule has 0 fully saturated rings. The molecular formula is C26H24FN3O4. The number of nitrogens with zero attached hydrogens (tertiary/aromatic N) is 3. The number of carbonyl (C=O) groups excluding carboxylic acids is 1. The molecule has 1 atom stereocenters. The Balaban J connectivity index is 1.60. The number of carbonyl (C=O) groups is 1. The van der Waals surface area contributed by atoms with Crippen LogP contribution in [0.25, 0.3) is 16.8 Å². The molecule has 0 radical (unpaired) electrons. The van der Waals surface area contributed by atoms with E-state index in [-0.39, 0.29) is 17.5 Å². The summed E-state index contributed by atoms with van der Waals surface area (Å²) in [6.07, 6.45) is 2.67. The summed E-state index contributed by atoms with van der Waals surface area (Å²) >= 11 is 0. The van der Waals surface area contributed by atoms with Gasteiger partial charge in [-0.15, -0.1) is 0 Å². The standard InChI is InChI=1S/C26H24FN3O4/c1-14-24(15-5-7-18(27)8-6-15)26-28-20-9-16(10-21(31)19(20)13-30(26)29-14)17-11-22(32-2)25(34-4)23(12-17)33-3/h5-8,11-13,16H,9-10H2,1-4H3. The second kappa shape index (κ2) is 8.44. The Morgan fingerprint density at radius 1 is 1.00 bits per heavy atom. The zero-order chi connectivity index (χ0) is 24.0. The van der Waals surface area contributed by atoms with Gasteiger partial charge in [-0.1, -0.05) is 12.1 Å². The zero-order valence-corrected chi connectivity index (χ0v) is 19.4. The zero-order valence-electron chi connectivity index (χ0n) is 19.4. The molecule has 0 spiro atoms. The minimum Gasteiger partial charge on any atom is -0.493 e. The second-order valence-corrected chi connectivity index (χ2v) is 8.32. The number of hydrogen-bond donors (Lipinski definition) is 0. The van der Waals surface area contributed by atoms with Crippen LogP contribution in [0.4, 0.5) is 4.39 Å². The number of aromatic nitrogens is 3. The lowest BCUT2D eigenvalue weighted by molar-refractivity contribution is 0.0962. The predicted molar refractivity (Wildman–Crippen MR) is 125 cm³/mol. The number of fused-ring (bicyclic) bond motifs is 2. The van der Waals surface area contributed by atoms with Crippen LogP contribution in [0.15, 0.2) is 42.6 Å². The van der Waals surface area contributed by atoms with Gasteiger partial charge in [0.1, 0.15) is 5.82 Å². The Morgan fingerprint density at radius 2 is 1.68 bits per heavy atom. The molecule has 2 aromatic heterocycles. The van der Waals surface area contributed by atoms with Crippen LogP contribution in [0.5, 0.6) is 17.2 Å². The molecule has 0 amide bonds. The van der Waals surface area contributed by atoms with E-state index in [1.165, 1.54) is 12.1 Å². The first kappa shape index (κ1) is 21.9. The Kier molecular flexibility index (Phi) is 5.43. The van der Waals surface area contributed by atoms with Crippen LogP contribution in [0, 0.1) is 12.7 Å². The van der Waals surface area contributed by atoms with Crippen molar-refractivity contribution in [1.82, 2.24) is 14.6 Å². The molecule has 8 heteroatoms. The van der Waals surface area contributed by atoms with Crippen molar-refractivity contribution in [2.24, 2.45) is 0 Å². The summed E-state index contributed by atoms with van der Waals surface area (Å²) in [4.78, 5) is 18.0. The van der Waals surface area contributed by atoms with E-state index >= 15 is 0 Å². The van der Waals surface area contributed by atoms with E-state index in [4.69, 9.17) is 19.2 Å². The first-order valence-electron chi connectivity index (χ1n) is 10.9. The Morgan fingerprint density at radius 3 is 2.29 bits per heavy atom. The van der Waals surface area contributed by atoms with Crippen LogP contribution < -0.4 is 14.2 Å². The minimum absolute atomic E-state index is 0.00545. The van der Waals surface area contributed by atoms with Crippen molar-refractivity contribution in [1.29, 1.82) is 0 Å². The summed E-state index contributed by atoms with van der Waals surface area (Å²) in [6.45, 7) is 1.88. The molecule has 1 aliphatic rings. The largest absolute Gasteiger partial charge is 0.493 e. The van der Waals surface area contributed by atoms with Gasteiger partial charge >= 0.3 is 0 Å². The highest BCUT2D eigenvalue weighted by molar-refractivity contribution is 5.99. The number of ether oxygens (including phenoxy) is 3. The first-order chi connectivity index (χ1) is 16.4. The maximum absolute atomic E-state index is 13.5. The third-order valence-corrected chi connectivity index (χ3v) is 6.33. The van der Waals surface area contributed by atoms with Crippen LogP contribution >= 0.6 is 0 Å². The third-order valence-electron chi connectivity index (χ3n) is 6.33. The molecule has 0 saturated carbocycles. The van der Waals surface area contributed by atoms with Gasteiger partial charge in [0.15, 0.2) is 22.9 Å². The molecule has 7 nitrogen and oxygen atoms in total. The molecule has 1 unspecified atom stereocenters. The van der Waals surface area contributed by atoms with Crippen LogP contribution in [-0.2, 0) is 6.42 Å². The first-order valence-corrected chi connectivity index (χ1v) is 10.9. The molecule has 0 bridgehead atoms. The van der Waals surface area contributed by atoms with Crippen LogP contribution in [0.1, 0.15) is 39.6 Å². The average Bonchev–Trinajstić information content (AvgIpc) is 3.16. The topological polar surface area (TPSA) is 75.0 Å². The van der Waals surface area contributed by atoms with Gasteiger partial charge in [-0.25, -0.2) is 13.9 Å². The normalized spacial score (nSPS) is 15.3. The monoisotopic (exact) mass is 461 g/mol. The van der Waals surface area contributed by atoms with E-state index in [0.717, 1.165) is 22.4 Å². The molecule has 0 aliphatic heterocycles. The fourth-order valence-corrected chi connectivity index (χ4v) is 4.67. The van der Waals surface area contributed by atoms with E-state index in [2.05, 4.69) is 5.10 Å². The minimum atomic E-state index is -0.304. The predicted octanol–water partition coefficient (Wildman–Crippen LogP) is 4.78. The van der Waals surface area contributed by atoms with E-state index in [1.807, 2.05) is 19.1 Å². The summed E-state index contributed by atoms with van der Waals surface area (Å²) in [7, 11) is 4.70. The Hall–Kier alpha value is -3.94. The van der Waals surface area contributed by atoms with Gasteiger partial charge < -0.3 is 14.2 Å². The van der Waals surface area contributed by atoms with Crippen molar-refractivity contribution >= 4 is 11.4 Å². The van der Waals surface area contributed by atoms with Crippen molar-refractivity contribution in [3.63, 3.8) is 0 Å². The fraction of sp³-hybridized carbons (Fsp3) is 0.269. The summed E-state index contributed by atoms with van der Waals surface area (Å²) in [5, 5.41) is 4.56. The number of ketones is 1. The number of hydrogen-bond acceptors (Lipinski definition) is 6. The molecule has 174 valence electrons. The van der Waals surface area contributed by atoms with Crippen molar-refractivity contribution in [2.45, 2.75) is 25.7 Å². The lowest BCUT2D eigenvalue weighted by Crippen LogP contribution is -2.21. The Bertz CT molecular complexity index is 1390. The molecule has 0 N–H and O–H groups in total. The van der Waals surface area contributed by atoms with E-state index in [0.29, 0.717) is 47.0 Å². The maximum Gasteiger partial charge on any atom is 0.203 e. The third kappa shape index (κ3) is 3.55. The Labute approximate surface area is 196 Å². The summed E-state index contributed by atoms with van der Waals surface area (Å²) in [5.74, 6) is 1.21. The molecule has 2 heterocycles. The van der Waals surface area contributed by atoms with Gasteiger partial charge in [-0.2, -0.15) is 5.10 Å². The molecule has 1 aliphatic carbocycles. The van der Waals surface area contributed by atoms with Gasteiger partial charge in [-0.3, -0.25) is 4.79 Å². The van der Waals surface area contributed by atoms with Crippen LogP contribution in [0.2, 0.25) is 0 Å². The fourth-order valence-electron chi connectivity index (χ4n) is 4.67. The highest BCUT2D eigenvalue weighted by Crippen LogP contribution is 2.43. The maximum atomic E-state index is 13.5. The molecule has 4 aromatic rings. The van der Waals surface area contributed by atoms with Crippen molar-refractivity contribution in [3.8, 4) is 28.4 Å². The lowest BCUT2D eigenvalue weighted by atomic mass is 9.82. The second-order valence-electron chi connectivity index (χ2n) is 8.32. The SMILES string of the molecule is COc1cc(C2CC(=O)c3cn4nc(C)c(-c5ccc(F)cc5)c4nc3C2)cc(OC)c1OC. The van der Waals surface area contributed by atoms with E-state index < -0.39 is 0 Å². The average molecular weight is 461 g/mol. The summed E-state index contributed by atoms with van der Waals surface area (Å²) < 4.78 is 31.5. The number of rotatable bonds is 5. The van der Waals surface area contributed by atoms with E-state index in [1.54, 1.807) is 44.2 Å². The number of Topliss-reactive ketones (excluding diaryl/α,β-unsaturated/α-hetero) is 1. The quantitative estimate of drug-likeness (QED) is 0.426. The van der Waals surface area contributed by atoms with Gasteiger partial charge in [0.25, 0.3) is 0 Å². The highest BCUT2D eigenvalue weighted by atomic mass is 19.1. The number of methoxy groups -OCH3 is 3. The molecule has 34 heavy (non-hydrogen) atoms. The molecular weight excluding hydrogens is 437 g/mol. The van der Waals surface area contributed by atoms with Crippen molar-refractivity contribution in [2.75, 3.05) is 21.3 Å². The van der Waals surface area contributed by atoms with Gasteiger partial charge in [0.05, 0.1) is 38.3 Å². The van der Waals surface area contributed by atoms with Gasteiger partial charge in [0, 0.05) is 18.2 Å². The van der Waals surface area contributed by atoms with Gasteiger partial charge in [0.2, 0.25) is 5.75 Å². The van der Waals surface area contributed by atoms with Crippen LogP contribution in [-0.4, -0.2) is 41.7 Å². The van der Waals surface area contributed by atoms with E-state index in [9.17, 15) is 9.18 Å². The summed E-state index contributed by atoms with van der Waals surface area (Å²) in [6, 6.07) is 10.0. The highest BCUT2D eigenvalue weighted by Gasteiger charge is 2.30. The molecule has 5 rings (SSSR count). The lowest BCUT2D eigenvalue weighted by Gasteiger charge is -2.24. The number of aryl methyl sites for hydroxylation is 1. The van der Waals surface area contributed by atoms with Crippen LogP contribution in [0.3, 0.4) is 0 Å². The van der Waals surface area contributed by atoms with Crippen molar-refractivity contribution in [3.05, 3.63) is 70.9 Å².